The molecule has 0 radical (unpaired) electrons. The van der Waals surface area contributed by atoms with Crippen molar-refractivity contribution in [3.63, 3.8) is 0 Å². The largest absolute Gasteiger partial charge is 0.494 e. The van der Waals surface area contributed by atoms with Crippen molar-refractivity contribution in [3.05, 3.63) is 45.8 Å². The molecule has 0 bridgehead atoms. The van der Waals surface area contributed by atoms with Crippen molar-refractivity contribution in [1.82, 2.24) is 5.32 Å². The van der Waals surface area contributed by atoms with Gasteiger partial charge in [0.15, 0.2) is 5.11 Å². The summed E-state index contributed by atoms with van der Waals surface area (Å²) in [6.45, 7) is 9.20. The summed E-state index contributed by atoms with van der Waals surface area (Å²) in [5.74, 6) is 0.423. The van der Waals surface area contributed by atoms with E-state index in [9.17, 15) is 9.59 Å². The Morgan fingerprint density at radius 1 is 1.26 bits per heavy atom. The molecule has 1 aliphatic rings. The van der Waals surface area contributed by atoms with Gasteiger partial charge in [-0.15, -0.1) is 11.3 Å². The summed E-state index contributed by atoms with van der Waals surface area (Å²) < 4.78 is 5.39. The number of fused-ring (bicyclic) bond motifs is 1. The highest BCUT2D eigenvalue weighted by molar-refractivity contribution is 7.80. The van der Waals surface area contributed by atoms with Gasteiger partial charge in [0.2, 0.25) is 0 Å². The first-order chi connectivity index (χ1) is 14.6. The van der Waals surface area contributed by atoms with Crippen molar-refractivity contribution < 1.29 is 14.3 Å². The molecule has 0 fully saturated rings. The van der Waals surface area contributed by atoms with Crippen LogP contribution in [0.2, 0.25) is 0 Å². The lowest BCUT2D eigenvalue weighted by Crippen LogP contribution is -2.34. The minimum absolute atomic E-state index is 0.132. The average Bonchev–Trinajstić information content (AvgIpc) is 3.05. The summed E-state index contributed by atoms with van der Waals surface area (Å²) in [6, 6.07) is 6.82. The molecule has 3 rings (SSSR count). The van der Waals surface area contributed by atoms with E-state index in [1.807, 2.05) is 6.92 Å². The van der Waals surface area contributed by atoms with E-state index in [0.29, 0.717) is 34.4 Å². The number of nitrogens with one attached hydrogen (secondary N) is 2. The number of anilines is 1. The first kappa shape index (κ1) is 23.2. The zero-order chi connectivity index (χ0) is 22.8. The topological polar surface area (TPSA) is 93.4 Å². The Kier molecular flexibility index (Phi) is 7.01. The summed E-state index contributed by atoms with van der Waals surface area (Å²) in [5, 5.41) is 6.43. The molecule has 8 heteroatoms. The van der Waals surface area contributed by atoms with Crippen LogP contribution in [0.25, 0.3) is 0 Å². The van der Waals surface area contributed by atoms with Crippen LogP contribution in [0.15, 0.2) is 24.3 Å². The van der Waals surface area contributed by atoms with Crippen molar-refractivity contribution in [1.29, 1.82) is 0 Å². The average molecular weight is 460 g/mol. The number of carbonyl (C=O) groups is 2. The van der Waals surface area contributed by atoms with Crippen LogP contribution in [0.4, 0.5) is 5.00 Å². The van der Waals surface area contributed by atoms with Gasteiger partial charge in [0.1, 0.15) is 10.8 Å². The summed E-state index contributed by atoms with van der Waals surface area (Å²) in [7, 11) is 0. The molecule has 2 amide bonds. The normalized spacial score (nSPS) is 15.7. The maximum atomic E-state index is 12.5. The highest BCUT2D eigenvalue weighted by Gasteiger charge is 2.33. The van der Waals surface area contributed by atoms with E-state index < -0.39 is 5.91 Å². The Bertz CT molecular complexity index is 991. The molecule has 0 unspecified atom stereocenters. The Labute approximate surface area is 192 Å². The van der Waals surface area contributed by atoms with Crippen molar-refractivity contribution >= 4 is 45.5 Å². The Balaban J connectivity index is 1.73. The van der Waals surface area contributed by atoms with Crippen LogP contribution < -0.4 is 21.1 Å². The number of benzene rings is 1. The third-order valence-corrected chi connectivity index (χ3v) is 6.99. The van der Waals surface area contributed by atoms with E-state index in [0.717, 1.165) is 24.8 Å². The highest BCUT2D eigenvalue weighted by Crippen LogP contribution is 2.44. The van der Waals surface area contributed by atoms with Gasteiger partial charge in [0.05, 0.1) is 12.2 Å². The second kappa shape index (κ2) is 9.36. The minimum Gasteiger partial charge on any atom is -0.494 e. The molecule has 0 spiro atoms. The number of rotatable bonds is 5. The predicted octanol–water partition coefficient (Wildman–Crippen LogP) is 4.52. The number of primary amides is 1. The number of hydrogen-bond acceptors (Lipinski definition) is 5. The lowest BCUT2D eigenvalue weighted by molar-refractivity contribution is 0.0975. The van der Waals surface area contributed by atoms with Gasteiger partial charge < -0.3 is 15.8 Å². The van der Waals surface area contributed by atoms with Gasteiger partial charge in [-0.05, 0) is 79.6 Å². The van der Waals surface area contributed by atoms with Crippen LogP contribution in [0, 0.1) is 11.3 Å². The van der Waals surface area contributed by atoms with Crippen LogP contribution in [0.1, 0.15) is 65.3 Å². The SMILES string of the molecule is CCOc1ccc(C(=O)NC(=S)Nc2sc3c(c2C(N)=O)CC[C@H](C(C)(C)C)C3)cc1. The monoisotopic (exact) mass is 459 g/mol. The van der Waals surface area contributed by atoms with Gasteiger partial charge in [0, 0.05) is 10.4 Å². The predicted molar refractivity (Wildman–Crippen MR) is 129 cm³/mol. The maximum Gasteiger partial charge on any atom is 0.257 e. The molecule has 0 aliphatic heterocycles. The van der Waals surface area contributed by atoms with Crippen molar-refractivity contribution in [2.24, 2.45) is 17.1 Å². The van der Waals surface area contributed by atoms with E-state index in [2.05, 4.69) is 31.4 Å². The standard InChI is InChI=1S/C23H29N3O3S2/c1-5-29-15-9-6-13(7-10-15)20(28)25-22(30)26-21-18(19(24)27)16-11-8-14(23(2,3)4)12-17(16)31-21/h6-7,9-10,14H,5,8,11-12H2,1-4H3,(H2,24,27)(H2,25,26,28,30)/t14-/m0/s1. The first-order valence-corrected chi connectivity index (χ1v) is 11.6. The van der Waals surface area contributed by atoms with Gasteiger partial charge in [-0.2, -0.15) is 0 Å². The minimum atomic E-state index is -0.477. The summed E-state index contributed by atoms with van der Waals surface area (Å²) in [5.41, 5.74) is 7.86. The third kappa shape index (κ3) is 5.43. The summed E-state index contributed by atoms with van der Waals surface area (Å²) in [4.78, 5) is 25.9. The quantitative estimate of drug-likeness (QED) is 0.572. The molecule has 1 aromatic carbocycles. The van der Waals surface area contributed by atoms with Crippen molar-refractivity contribution in [3.8, 4) is 5.75 Å². The van der Waals surface area contributed by atoms with E-state index >= 15 is 0 Å². The molecule has 6 nitrogen and oxygen atoms in total. The molecular formula is C23H29N3O3S2. The fourth-order valence-electron chi connectivity index (χ4n) is 3.85. The molecule has 2 aromatic rings. The molecule has 1 heterocycles. The van der Waals surface area contributed by atoms with E-state index in [-0.39, 0.29) is 16.4 Å². The number of thiocarbonyl (C=S) groups is 1. The van der Waals surface area contributed by atoms with Crippen LogP contribution in [-0.4, -0.2) is 23.5 Å². The molecule has 0 saturated heterocycles. The number of amides is 2. The van der Waals surface area contributed by atoms with Gasteiger partial charge in [0.25, 0.3) is 11.8 Å². The molecule has 166 valence electrons. The Morgan fingerprint density at radius 2 is 1.94 bits per heavy atom. The lowest BCUT2D eigenvalue weighted by Gasteiger charge is -2.33. The van der Waals surface area contributed by atoms with Crippen LogP contribution in [-0.2, 0) is 12.8 Å². The number of nitrogens with two attached hydrogens (primary N) is 1. The van der Waals surface area contributed by atoms with Crippen LogP contribution in [0.5, 0.6) is 5.75 Å². The summed E-state index contributed by atoms with van der Waals surface area (Å²) in [6.07, 6.45) is 2.75. The van der Waals surface area contributed by atoms with Gasteiger partial charge in [-0.1, -0.05) is 20.8 Å². The Morgan fingerprint density at radius 3 is 2.52 bits per heavy atom. The lowest BCUT2D eigenvalue weighted by atomic mass is 9.72. The zero-order valence-corrected chi connectivity index (χ0v) is 20.0. The van der Waals surface area contributed by atoms with Gasteiger partial charge in [-0.25, -0.2) is 0 Å². The second-order valence-corrected chi connectivity index (χ2v) is 10.3. The number of thiophene rings is 1. The molecule has 31 heavy (non-hydrogen) atoms. The highest BCUT2D eigenvalue weighted by atomic mass is 32.1. The fourth-order valence-corrected chi connectivity index (χ4v) is 5.45. The number of ether oxygens (including phenoxy) is 1. The molecule has 1 aliphatic carbocycles. The van der Waals surface area contributed by atoms with E-state index in [4.69, 9.17) is 22.7 Å². The zero-order valence-electron chi connectivity index (χ0n) is 18.3. The van der Waals surface area contributed by atoms with E-state index in [1.165, 1.54) is 16.2 Å². The van der Waals surface area contributed by atoms with Gasteiger partial charge in [-0.3, -0.25) is 14.9 Å². The molecule has 0 saturated carbocycles. The first-order valence-electron chi connectivity index (χ1n) is 10.4. The second-order valence-electron chi connectivity index (χ2n) is 8.74. The fraction of sp³-hybridized carbons (Fsp3) is 0.435. The molecule has 1 atom stereocenters. The number of hydrogen-bond donors (Lipinski definition) is 3. The number of carbonyl (C=O) groups excluding carboxylic acids is 2. The van der Waals surface area contributed by atoms with Crippen molar-refractivity contribution in [2.75, 3.05) is 11.9 Å². The van der Waals surface area contributed by atoms with E-state index in [1.54, 1.807) is 24.3 Å². The molecule has 4 N–H and O–H groups in total. The maximum absolute atomic E-state index is 12.5. The molecular weight excluding hydrogens is 430 g/mol. The van der Waals surface area contributed by atoms with Crippen molar-refractivity contribution in [2.45, 2.75) is 47.0 Å². The van der Waals surface area contributed by atoms with Crippen LogP contribution >= 0.6 is 23.6 Å². The van der Waals surface area contributed by atoms with Crippen LogP contribution in [0.3, 0.4) is 0 Å². The van der Waals surface area contributed by atoms with Gasteiger partial charge >= 0.3 is 0 Å². The Hall–Kier alpha value is -2.45. The summed E-state index contributed by atoms with van der Waals surface area (Å²) >= 11 is 6.84. The third-order valence-electron chi connectivity index (χ3n) is 5.62. The molecule has 1 aromatic heterocycles. The smallest absolute Gasteiger partial charge is 0.257 e.